The van der Waals surface area contributed by atoms with E-state index in [-0.39, 0.29) is 30.4 Å². The molecule has 4 rings (SSSR count). The van der Waals surface area contributed by atoms with E-state index in [1.165, 1.54) is 25.3 Å². The number of aromatic nitrogens is 3. The van der Waals surface area contributed by atoms with E-state index in [0.29, 0.717) is 35.5 Å². The number of halogens is 3. The SMILES string of the molecule is C#CC[C@H](C(=O)N[C@H](/C=C/C(=O)OCc1ccccn1)C[C@@H]1CCNC1=O)n1cc(C(F)(F)F)cc(NC(=O)c2cc(C)on2)c1=O. The number of carbonyl (C=O) groups excluding carboxylic acids is 4. The van der Waals surface area contributed by atoms with Crippen LogP contribution in [0.4, 0.5) is 18.9 Å². The van der Waals surface area contributed by atoms with E-state index in [1.54, 1.807) is 18.2 Å². The molecule has 3 N–H and O–H groups in total. The lowest BCUT2D eigenvalue weighted by atomic mass is 9.97. The number of amides is 3. The zero-order valence-electron chi connectivity index (χ0n) is 24.9. The monoisotopic (exact) mass is 654 g/mol. The van der Waals surface area contributed by atoms with Gasteiger partial charge in [-0.3, -0.25) is 28.7 Å². The summed E-state index contributed by atoms with van der Waals surface area (Å²) in [4.78, 5) is 68.4. The summed E-state index contributed by atoms with van der Waals surface area (Å²) in [5.74, 6) is -1.22. The molecule has 246 valence electrons. The smallest absolute Gasteiger partial charge is 0.417 e. The van der Waals surface area contributed by atoms with Gasteiger partial charge in [0, 0.05) is 49.5 Å². The van der Waals surface area contributed by atoms with Gasteiger partial charge in [-0.25, -0.2) is 4.79 Å². The molecule has 0 aliphatic carbocycles. The van der Waals surface area contributed by atoms with Crippen molar-refractivity contribution in [2.75, 3.05) is 11.9 Å². The van der Waals surface area contributed by atoms with Gasteiger partial charge in [-0.2, -0.15) is 13.2 Å². The van der Waals surface area contributed by atoms with Crippen LogP contribution < -0.4 is 21.5 Å². The molecule has 0 unspecified atom stereocenters. The average molecular weight is 655 g/mol. The fraction of sp³-hybridized carbons (Fsp3) is 0.323. The maximum Gasteiger partial charge on any atom is 0.417 e. The van der Waals surface area contributed by atoms with E-state index in [0.717, 1.165) is 6.08 Å². The maximum absolute atomic E-state index is 13.9. The third-order valence-electron chi connectivity index (χ3n) is 7.01. The predicted molar refractivity (Wildman–Crippen MR) is 158 cm³/mol. The zero-order valence-corrected chi connectivity index (χ0v) is 24.9. The molecule has 0 bridgehead atoms. The molecule has 0 radical (unpaired) electrons. The summed E-state index contributed by atoms with van der Waals surface area (Å²) in [6.45, 7) is 1.74. The number of esters is 1. The fourth-order valence-electron chi connectivity index (χ4n) is 4.68. The Bertz CT molecular complexity index is 1760. The lowest BCUT2D eigenvalue weighted by Crippen LogP contribution is -2.43. The molecule has 0 aromatic carbocycles. The fourth-order valence-corrected chi connectivity index (χ4v) is 4.68. The molecule has 1 aliphatic heterocycles. The second kappa shape index (κ2) is 15.0. The second-order valence-electron chi connectivity index (χ2n) is 10.5. The number of carbonyl (C=O) groups is 4. The molecule has 0 saturated carbocycles. The summed E-state index contributed by atoms with van der Waals surface area (Å²) in [6, 6.07) is 3.99. The van der Waals surface area contributed by atoms with Crippen molar-refractivity contribution in [3.8, 4) is 12.3 Å². The number of ether oxygens (including phenoxy) is 1. The largest absolute Gasteiger partial charge is 0.456 e. The van der Waals surface area contributed by atoms with E-state index >= 15 is 0 Å². The summed E-state index contributed by atoms with van der Waals surface area (Å²) >= 11 is 0. The molecule has 4 heterocycles. The summed E-state index contributed by atoms with van der Waals surface area (Å²) in [5, 5.41) is 10.8. The van der Waals surface area contributed by atoms with Crippen LogP contribution in [0.25, 0.3) is 0 Å². The number of hydrogen-bond acceptors (Lipinski definition) is 9. The van der Waals surface area contributed by atoms with Gasteiger partial charge in [-0.15, -0.1) is 12.3 Å². The van der Waals surface area contributed by atoms with Crippen molar-refractivity contribution in [1.29, 1.82) is 0 Å². The van der Waals surface area contributed by atoms with Gasteiger partial charge in [0.05, 0.1) is 11.3 Å². The van der Waals surface area contributed by atoms with Crippen LogP contribution in [-0.4, -0.2) is 51.0 Å². The molecule has 16 heteroatoms. The highest BCUT2D eigenvalue weighted by atomic mass is 19.4. The van der Waals surface area contributed by atoms with Gasteiger partial charge >= 0.3 is 12.1 Å². The molecule has 3 aromatic heterocycles. The van der Waals surface area contributed by atoms with Crippen molar-refractivity contribution in [2.24, 2.45) is 5.92 Å². The molecule has 1 aliphatic rings. The normalized spacial score (nSPS) is 15.8. The summed E-state index contributed by atoms with van der Waals surface area (Å²) < 4.78 is 52.2. The van der Waals surface area contributed by atoms with E-state index in [1.807, 2.05) is 0 Å². The van der Waals surface area contributed by atoms with E-state index in [9.17, 15) is 37.1 Å². The number of hydrogen-bond donors (Lipinski definition) is 3. The molecule has 3 aromatic rings. The number of nitrogens with zero attached hydrogens (tertiary/aromatic N) is 3. The number of nitrogens with one attached hydrogen (secondary N) is 3. The number of pyridine rings is 2. The van der Waals surface area contributed by atoms with Crippen molar-refractivity contribution >= 4 is 29.4 Å². The lowest BCUT2D eigenvalue weighted by molar-refractivity contribution is -0.139. The molecule has 13 nitrogen and oxygen atoms in total. The van der Waals surface area contributed by atoms with Crippen LogP contribution in [0.5, 0.6) is 0 Å². The molecule has 47 heavy (non-hydrogen) atoms. The topological polar surface area (TPSA) is 175 Å². The molecule has 1 fully saturated rings. The zero-order chi connectivity index (χ0) is 34.1. The van der Waals surface area contributed by atoms with Crippen LogP contribution >= 0.6 is 0 Å². The maximum atomic E-state index is 13.9. The summed E-state index contributed by atoms with van der Waals surface area (Å²) in [7, 11) is 0. The van der Waals surface area contributed by atoms with Gasteiger partial charge in [0.2, 0.25) is 11.8 Å². The van der Waals surface area contributed by atoms with Gasteiger partial charge in [0.1, 0.15) is 24.1 Å². The minimum absolute atomic E-state index is 0.0142. The first-order chi connectivity index (χ1) is 22.3. The van der Waals surface area contributed by atoms with Crippen LogP contribution in [0.1, 0.15) is 52.8 Å². The third-order valence-corrected chi connectivity index (χ3v) is 7.01. The van der Waals surface area contributed by atoms with E-state index < -0.39 is 65.2 Å². The third kappa shape index (κ3) is 9.16. The highest BCUT2D eigenvalue weighted by Crippen LogP contribution is 2.31. The van der Waals surface area contributed by atoms with Crippen LogP contribution in [0.3, 0.4) is 0 Å². The molecular formula is C31H29F3N6O7. The van der Waals surface area contributed by atoms with Crippen LogP contribution in [0, 0.1) is 25.2 Å². The van der Waals surface area contributed by atoms with Crippen molar-refractivity contribution < 1.29 is 41.6 Å². The lowest BCUT2D eigenvalue weighted by Gasteiger charge is -2.24. The van der Waals surface area contributed by atoms with Gasteiger partial charge in [0.25, 0.3) is 11.5 Å². The summed E-state index contributed by atoms with van der Waals surface area (Å²) in [6.07, 6.45) is 4.62. The Morgan fingerprint density at radius 1 is 1.28 bits per heavy atom. The number of alkyl halides is 3. The molecule has 0 spiro atoms. The van der Waals surface area contributed by atoms with Crippen molar-refractivity contribution in [1.82, 2.24) is 25.3 Å². The molecular weight excluding hydrogens is 625 g/mol. The van der Waals surface area contributed by atoms with Crippen LogP contribution in [0.2, 0.25) is 0 Å². The molecule has 3 atom stereocenters. The van der Waals surface area contributed by atoms with Crippen LogP contribution in [0.15, 0.2) is 64.2 Å². The number of aryl methyl sites for hydroxylation is 1. The van der Waals surface area contributed by atoms with Gasteiger partial charge in [-0.1, -0.05) is 17.3 Å². The van der Waals surface area contributed by atoms with Crippen LogP contribution in [-0.2, 0) is 31.9 Å². The quantitative estimate of drug-likeness (QED) is 0.151. The first-order valence-corrected chi connectivity index (χ1v) is 14.2. The van der Waals surface area contributed by atoms with E-state index in [2.05, 4.69) is 32.0 Å². The Balaban J connectivity index is 1.61. The van der Waals surface area contributed by atoms with Crippen molar-refractivity contribution in [2.45, 2.75) is 51.1 Å². The average Bonchev–Trinajstić information content (AvgIpc) is 3.66. The number of anilines is 1. The number of terminal acetylenes is 1. The highest BCUT2D eigenvalue weighted by molar-refractivity contribution is 6.02. The first kappa shape index (κ1) is 34.2. The van der Waals surface area contributed by atoms with Gasteiger partial charge in [0.15, 0.2) is 5.69 Å². The second-order valence-corrected chi connectivity index (χ2v) is 10.5. The Hall–Kier alpha value is -5.72. The molecule has 3 amide bonds. The minimum atomic E-state index is -4.99. The first-order valence-electron chi connectivity index (χ1n) is 14.2. The predicted octanol–water partition coefficient (Wildman–Crippen LogP) is 2.69. The van der Waals surface area contributed by atoms with Gasteiger partial charge < -0.3 is 25.2 Å². The van der Waals surface area contributed by atoms with Gasteiger partial charge in [-0.05, 0) is 38.0 Å². The molecule has 1 saturated heterocycles. The van der Waals surface area contributed by atoms with Crippen molar-refractivity contribution in [3.63, 3.8) is 0 Å². The Morgan fingerprint density at radius 3 is 2.68 bits per heavy atom. The highest BCUT2D eigenvalue weighted by Gasteiger charge is 2.35. The Kier molecular flexibility index (Phi) is 10.9. The summed E-state index contributed by atoms with van der Waals surface area (Å²) in [5.41, 5.74) is -3.13. The standard InChI is InChI=1S/C31H29F3N6O7/c1-3-6-25(40-16-20(31(32,33)34)15-24(30(40)45)38-28(43)23-13-18(2)47-39-23)29(44)37-21(14-19-10-12-36-27(19)42)8-9-26(41)46-17-22-7-4-5-11-35-22/h1,4-5,7-9,11,13,15-16,19,21,25H,6,10,12,14,17H2,2H3,(H,36,42)(H,37,44)(H,38,43)/b9-8+/t19-,21+,25+/m0/s1. The number of rotatable bonds is 12. The Labute approximate surface area is 265 Å². The van der Waals surface area contributed by atoms with Crippen molar-refractivity contribution in [3.05, 3.63) is 87.9 Å². The van der Waals surface area contributed by atoms with E-state index in [4.69, 9.17) is 15.7 Å². The minimum Gasteiger partial charge on any atom is -0.456 e. The Morgan fingerprint density at radius 2 is 2.06 bits per heavy atom.